The highest BCUT2D eigenvalue weighted by molar-refractivity contribution is 5.28. The second kappa shape index (κ2) is 5.56. The third kappa shape index (κ3) is 2.86. The van der Waals surface area contributed by atoms with Crippen molar-refractivity contribution in [2.45, 2.75) is 38.5 Å². The highest BCUT2D eigenvalue weighted by Gasteiger charge is 2.09. The molecule has 0 fully saturated rings. The van der Waals surface area contributed by atoms with Crippen LogP contribution in [0.25, 0.3) is 0 Å². The lowest BCUT2D eigenvalue weighted by molar-refractivity contribution is 0.582. The summed E-state index contributed by atoms with van der Waals surface area (Å²) in [5, 5.41) is 0. The van der Waals surface area contributed by atoms with E-state index in [2.05, 4.69) is 24.3 Å². The molecule has 0 atom stereocenters. The molecule has 0 radical (unpaired) electrons. The molecular formula is C18H19F. The van der Waals surface area contributed by atoms with Gasteiger partial charge in [-0.15, -0.1) is 0 Å². The van der Waals surface area contributed by atoms with E-state index in [0.717, 1.165) is 49.7 Å². The third-order valence-corrected chi connectivity index (χ3v) is 3.97. The summed E-state index contributed by atoms with van der Waals surface area (Å²) in [6, 6.07) is 14.7. The Morgan fingerprint density at radius 3 is 1.79 bits per heavy atom. The minimum Gasteiger partial charge on any atom is -0.206 e. The van der Waals surface area contributed by atoms with E-state index >= 15 is 0 Å². The summed E-state index contributed by atoms with van der Waals surface area (Å²) < 4.78 is 14.3. The van der Waals surface area contributed by atoms with Crippen LogP contribution >= 0.6 is 0 Å². The van der Waals surface area contributed by atoms with Crippen molar-refractivity contribution in [3.8, 4) is 0 Å². The first-order chi connectivity index (χ1) is 9.33. The maximum atomic E-state index is 14.3. The predicted molar refractivity (Wildman–Crippen MR) is 76.9 cm³/mol. The van der Waals surface area contributed by atoms with Crippen molar-refractivity contribution in [1.29, 1.82) is 0 Å². The van der Waals surface area contributed by atoms with Gasteiger partial charge in [-0.2, -0.15) is 0 Å². The SMILES string of the molecule is Fc1c2cccc1CCCc1cccc(c1)CCC2. The van der Waals surface area contributed by atoms with Crippen molar-refractivity contribution in [1.82, 2.24) is 0 Å². The number of benzene rings is 2. The molecule has 0 saturated carbocycles. The number of rotatable bonds is 0. The summed E-state index contributed by atoms with van der Waals surface area (Å²) in [6.45, 7) is 0. The number of hydrogen-bond acceptors (Lipinski definition) is 0. The second-order valence-corrected chi connectivity index (χ2v) is 5.42. The van der Waals surface area contributed by atoms with Crippen LogP contribution in [0.4, 0.5) is 4.39 Å². The van der Waals surface area contributed by atoms with Gasteiger partial charge in [0.05, 0.1) is 0 Å². The van der Waals surface area contributed by atoms with Crippen molar-refractivity contribution in [3.05, 3.63) is 70.5 Å². The summed E-state index contributed by atoms with van der Waals surface area (Å²) in [4.78, 5) is 0. The second-order valence-electron chi connectivity index (χ2n) is 5.42. The first-order valence-electron chi connectivity index (χ1n) is 7.17. The van der Waals surface area contributed by atoms with E-state index in [1.165, 1.54) is 11.1 Å². The number of hydrogen-bond donors (Lipinski definition) is 0. The van der Waals surface area contributed by atoms with E-state index in [0.29, 0.717) is 0 Å². The summed E-state index contributed by atoms with van der Waals surface area (Å²) >= 11 is 0. The maximum absolute atomic E-state index is 14.3. The maximum Gasteiger partial charge on any atom is 0.129 e. The molecule has 1 aliphatic carbocycles. The monoisotopic (exact) mass is 254 g/mol. The van der Waals surface area contributed by atoms with E-state index in [-0.39, 0.29) is 5.82 Å². The molecule has 19 heavy (non-hydrogen) atoms. The van der Waals surface area contributed by atoms with E-state index in [1.807, 2.05) is 18.2 Å². The van der Waals surface area contributed by atoms with Gasteiger partial charge in [-0.05, 0) is 60.8 Å². The molecule has 0 aliphatic heterocycles. The van der Waals surface area contributed by atoms with Crippen molar-refractivity contribution in [2.24, 2.45) is 0 Å². The lowest BCUT2D eigenvalue weighted by Crippen LogP contribution is -2.01. The Hall–Kier alpha value is -1.63. The smallest absolute Gasteiger partial charge is 0.129 e. The van der Waals surface area contributed by atoms with Gasteiger partial charge in [-0.1, -0.05) is 42.5 Å². The Kier molecular flexibility index (Phi) is 3.63. The van der Waals surface area contributed by atoms with Crippen molar-refractivity contribution in [2.75, 3.05) is 0 Å². The minimum atomic E-state index is 0.0340. The number of aryl methyl sites for hydroxylation is 4. The lowest BCUT2D eigenvalue weighted by atomic mass is 9.95. The lowest BCUT2D eigenvalue weighted by Gasteiger charge is -2.11. The summed E-state index contributed by atoms with van der Waals surface area (Å²) in [7, 11) is 0. The summed E-state index contributed by atoms with van der Waals surface area (Å²) in [5.74, 6) is 0.0340. The number of fused-ring (bicyclic) bond motifs is 4. The molecule has 0 nitrogen and oxygen atoms in total. The van der Waals surface area contributed by atoms with Crippen molar-refractivity contribution >= 4 is 0 Å². The van der Waals surface area contributed by atoms with Crippen molar-refractivity contribution in [3.63, 3.8) is 0 Å². The molecule has 0 amide bonds. The highest BCUT2D eigenvalue weighted by atomic mass is 19.1. The fraction of sp³-hybridized carbons (Fsp3) is 0.333. The molecule has 3 rings (SSSR count). The standard InChI is InChI=1S/C18H19F/c19-18-16-9-2-7-14-5-1-6-15(13-14)8-3-10-17(18)12-4-11-16/h1,4-6,11-13H,2-3,7-10H2. The van der Waals surface area contributed by atoms with Gasteiger partial charge < -0.3 is 0 Å². The van der Waals surface area contributed by atoms with Crippen LogP contribution in [0, 0.1) is 5.82 Å². The fourth-order valence-corrected chi connectivity index (χ4v) is 2.93. The highest BCUT2D eigenvalue weighted by Crippen LogP contribution is 2.20. The largest absolute Gasteiger partial charge is 0.206 e. The van der Waals surface area contributed by atoms with Gasteiger partial charge in [0.25, 0.3) is 0 Å². The van der Waals surface area contributed by atoms with Crippen LogP contribution in [0.3, 0.4) is 0 Å². The zero-order valence-electron chi connectivity index (χ0n) is 11.2. The molecule has 0 spiro atoms. The molecule has 4 bridgehead atoms. The van der Waals surface area contributed by atoms with E-state index in [9.17, 15) is 4.39 Å². The van der Waals surface area contributed by atoms with Crippen LogP contribution in [0.5, 0.6) is 0 Å². The van der Waals surface area contributed by atoms with Gasteiger partial charge in [0.2, 0.25) is 0 Å². The zero-order chi connectivity index (χ0) is 13.1. The predicted octanol–water partition coefficient (Wildman–Crippen LogP) is 4.49. The van der Waals surface area contributed by atoms with Gasteiger partial charge in [-0.25, -0.2) is 4.39 Å². The Morgan fingerprint density at radius 1 is 0.684 bits per heavy atom. The van der Waals surface area contributed by atoms with Gasteiger partial charge in [0.1, 0.15) is 5.82 Å². The quantitative estimate of drug-likeness (QED) is 0.650. The van der Waals surface area contributed by atoms with Crippen LogP contribution in [0.15, 0.2) is 42.5 Å². The van der Waals surface area contributed by atoms with Crippen molar-refractivity contribution < 1.29 is 4.39 Å². The molecule has 0 heterocycles. The molecule has 98 valence electrons. The average Bonchev–Trinajstić information content (AvgIpc) is 2.42. The number of halogens is 1. The van der Waals surface area contributed by atoms with E-state index in [4.69, 9.17) is 0 Å². The normalized spacial score (nSPS) is 15.4. The van der Waals surface area contributed by atoms with E-state index < -0.39 is 0 Å². The minimum absolute atomic E-state index is 0.0340. The first kappa shape index (κ1) is 12.4. The Morgan fingerprint density at radius 2 is 1.21 bits per heavy atom. The summed E-state index contributed by atoms with van der Waals surface area (Å²) in [6.07, 6.45) is 5.79. The molecule has 0 N–H and O–H groups in total. The molecule has 0 unspecified atom stereocenters. The van der Waals surface area contributed by atoms with Crippen LogP contribution in [-0.4, -0.2) is 0 Å². The Balaban J connectivity index is 1.89. The fourth-order valence-electron chi connectivity index (χ4n) is 2.93. The van der Waals surface area contributed by atoms with E-state index in [1.54, 1.807) is 0 Å². The van der Waals surface area contributed by atoms with Crippen LogP contribution < -0.4 is 0 Å². The topological polar surface area (TPSA) is 0 Å². The van der Waals surface area contributed by atoms with Crippen LogP contribution in [-0.2, 0) is 25.7 Å². The summed E-state index contributed by atoms with van der Waals surface area (Å²) in [5.41, 5.74) is 4.53. The van der Waals surface area contributed by atoms with Gasteiger partial charge >= 0.3 is 0 Å². The molecule has 1 heteroatoms. The third-order valence-electron chi connectivity index (χ3n) is 3.97. The van der Waals surface area contributed by atoms with Crippen LogP contribution in [0.1, 0.15) is 35.1 Å². The van der Waals surface area contributed by atoms with Gasteiger partial charge in [0, 0.05) is 0 Å². The Bertz CT molecular complexity index is 528. The molecule has 1 aliphatic rings. The average molecular weight is 254 g/mol. The molecular weight excluding hydrogens is 235 g/mol. The molecule has 2 aromatic rings. The molecule has 0 saturated heterocycles. The van der Waals surface area contributed by atoms with Gasteiger partial charge in [-0.3, -0.25) is 0 Å². The molecule has 2 aromatic carbocycles. The van der Waals surface area contributed by atoms with Crippen LogP contribution in [0.2, 0.25) is 0 Å². The zero-order valence-corrected chi connectivity index (χ0v) is 11.2. The molecule has 0 aromatic heterocycles. The Labute approximate surface area is 114 Å². The first-order valence-corrected chi connectivity index (χ1v) is 7.17. The van der Waals surface area contributed by atoms with Gasteiger partial charge in [0.15, 0.2) is 0 Å².